The molecule has 0 aromatic carbocycles. The van der Waals surface area contributed by atoms with Gasteiger partial charge in [-0.25, -0.2) is 9.69 Å². The molecular formula is C13H21BrN4O. The van der Waals surface area contributed by atoms with Gasteiger partial charge < -0.3 is 5.43 Å². The molecule has 106 valence electrons. The molecule has 0 radical (unpaired) electrons. The normalized spacial score (nSPS) is 16.8. The first-order valence-electron chi connectivity index (χ1n) is 6.85. The fourth-order valence-electron chi connectivity index (χ4n) is 2.19. The lowest BCUT2D eigenvalue weighted by molar-refractivity contribution is 0.272. The van der Waals surface area contributed by atoms with Crippen LogP contribution in [0.5, 0.6) is 0 Å². The van der Waals surface area contributed by atoms with E-state index in [4.69, 9.17) is 0 Å². The molecule has 2 heterocycles. The highest BCUT2D eigenvalue weighted by molar-refractivity contribution is 9.10. The number of halogens is 1. The monoisotopic (exact) mass is 328 g/mol. The molecule has 1 aromatic heterocycles. The molecule has 0 aliphatic carbocycles. The van der Waals surface area contributed by atoms with Crippen LogP contribution in [-0.2, 0) is 6.54 Å². The third kappa shape index (κ3) is 3.79. The van der Waals surface area contributed by atoms with Crippen molar-refractivity contribution in [1.82, 2.24) is 14.8 Å². The standard InChI is InChI=1S/C13H21BrN4O/c1-10(2)9-18-13(19)12(14)11(8-15-18)16-17-6-4-3-5-7-17/h8,10,16H,3-7,9H2,1-2H3. The van der Waals surface area contributed by atoms with Crippen molar-refractivity contribution >= 4 is 21.6 Å². The quantitative estimate of drug-likeness (QED) is 0.922. The zero-order valence-electron chi connectivity index (χ0n) is 11.5. The van der Waals surface area contributed by atoms with E-state index in [9.17, 15) is 4.79 Å². The van der Waals surface area contributed by atoms with Crippen LogP contribution in [0.25, 0.3) is 0 Å². The second-order valence-electron chi connectivity index (χ2n) is 5.41. The van der Waals surface area contributed by atoms with Crippen molar-refractivity contribution in [3.8, 4) is 0 Å². The number of aromatic nitrogens is 2. The number of hydrogen-bond donors (Lipinski definition) is 1. The van der Waals surface area contributed by atoms with Crippen LogP contribution in [0.15, 0.2) is 15.5 Å². The second-order valence-corrected chi connectivity index (χ2v) is 6.21. The maximum atomic E-state index is 12.2. The fraction of sp³-hybridized carbons (Fsp3) is 0.692. The molecule has 5 nitrogen and oxygen atoms in total. The van der Waals surface area contributed by atoms with Gasteiger partial charge in [-0.3, -0.25) is 4.79 Å². The van der Waals surface area contributed by atoms with Gasteiger partial charge in [0, 0.05) is 19.6 Å². The van der Waals surface area contributed by atoms with Crippen LogP contribution in [0.3, 0.4) is 0 Å². The highest BCUT2D eigenvalue weighted by Gasteiger charge is 2.14. The van der Waals surface area contributed by atoms with Gasteiger partial charge in [0.2, 0.25) is 0 Å². The summed E-state index contributed by atoms with van der Waals surface area (Å²) in [5.74, 6) is 0.401. The summed E-state index contributed by atoms with van der Waals surface area (Å²) < 4.78 is 2.07. The van der Waals surface area contributed by atoms with E-state index < -0.39 is 0 Å². The molecule has 1 aromatic rings. The zero-order chi connectivity index (χ0) is 13.8. The van der Waals surface area contributed by atoms with Crippen molar-refractivity contribution < 1.29 is 0 Å². The highest BCUT2D eigenvalue weighted by atomic mass is 79.9. The minimum atomic E-state index is -0.0734. The Morgan fingerprint density at radius 3 is 2.68 bits per heavy atom. The summed E-state index contributed by atoms with van der Waals surface area (Å²) in [4.78, 5) is 12.2. The number of anilines is 1. The van der Waals surface area contributed by atoms with Gasteiger partial charge in [-0.15, -0.1) is 0 Å². The second kappa shape index (κ2) is 6.52. The van der Waals surface area contributed by atoms with Gasteiger partial charge >= 0.3 is 0 Å². The lowest BCUT2D eigenvalue weighted by Gasteiger charge is -2.28. The van der Waals surface area contributed by atoms with Crippen molar-refractivity contribution in [3.63, 3.8) is 0 Å². The number of nitrogens with zero attached hydrogens (tertiary/aromatic N) is 3. The molecule has 1 N–H and O–H groups in total. The maximum Gasteiger partial charge on any atom is 0.283 e. The van der Waals surface area contributed by atoms with Crippen molar-refractivity contribution in [2.24, 2.45) is 5.92 Å². The smallest absolute Gasteiger partial charge is 0.283 e. The van der Waals surface area contributed by atoms with E-state index in [2.05, 4.69) is 45.3 Å². The molecule has 0 unspecified atom stereocenters. The van der Waals surface area contributed by atoms with Crippen molar-refractivity contribution in [2.45, 2.75) is 39.7 Å². The minimum Gasteiger partial charge on any atom is -0.316 e. The molecular weight excluding hydrogens is 308 g/mol. The summed E-state index contributed by atoms with van der Waals surface area (Å²) in [7, 11) is 0. The summed E-state index contributed by atoms with van der Waals surface area (Å²) in [6.07, 6.45) is 5.40. The molecule has 0 saturated carbocycles. The highest BCUT2D eigenvalue weighted by Crippen LogP contribution is 2.19. The van der Waals surface area contributed by atoms with Crippen LogP contribution in [0.2, 0.25) is 0 Å². The van der Waals surface area contributed by atoms with Crippen LogP contribution < -0.4 is 11.0 Å². The van der Waals surface area contributed by atoms with Crippen LogP contribution in [-0.4, -0.2) is 27.9 Å². The van der Waals surface area contributed by atoms with E-state index in [-0.39, 0.29) is 5.56 Å². The Labute approximate surface area is 122 Å². The van der Waals surface area contributed by atoms with Crippen LogP contribution >= 0.6 is 15.9 Å². The lowest BCUT2D eigenvalue weighted by atomic mass is 10.2. The Balaban J connectivity index is 2.13. The molecule has 2 rings (SSSR count). The molecule has 1 aliphatic rings. The molecule has 19 heavy (non-hydrogen) atoms. The Bertz CT molecular complexity index is 480. The van der Waals surface area contributed by atoms with Crippen molar-refractivity contribution in [1.29, 1.82) is 0 Å². The fourth-order valence-corrected chi connectivity index (χ4v) is 2.59. The SMILES string of the molecule is CC(C)Cn1ncc(NN2CCCCC2)c(Br)c1=O. The third-order valence-electron chi connectivity index (χ3n) is 3.16. The Hall–Kier alpha value is -0.880. The van der Waals surface area contributed by atoms with E-state index in [1.165, 1.54) is 23.9 Å². The first kappa shape index (κ1) is 14.5. The largest absolute Gasteiger partial charge is 0.316 e. The first-order valence-corrected chi connectivity index (χ1v) is 7.64. The van der Waals surface area contributed by atoms with Crippen molar-refractivity contribution in [2.75, 3.05) is 18.5 Å². The Morgan fingerprint density at radius 1 is 1.37 bits per heavy atom. The number of hydrazine groups is 1. The average molecular weight is 329 g/mol. The summed E-state index contributed by atoms with van der Waals surface area (Å²) in [6.45, 7) is 6.81. The molecule has 0 amide bonds. The van der Waals surface area contributed by atoms with E-state index in [1.54, 1.807) is 6.20 Å². The van der Waals surface area contributed by atoms with Crippen LogP contribution in [0.4, 0.5) is 5.69 Å². The van der Waals surface area contributed by atoms with Crippen LogP contribution in [0.1, 0.15) is 33.1 Å². The number of rotatable bonds is 4. The molecule has 1 fully saturated rings. The molecule has 0 atom stereocenters. The molecule has 1 saturated heterocycles. The van der Waals surface area contributed by atoms with E-state index in [0.29, 0.717) is 16.9 Å². The number of nitrogens with one attached hydrogen (secondary N) is 1. The summed E-state index contributed by atoms with van der Waals surface area (Å²) in [5, 5.41) is 6.38. The van der Waals surface area contributed by atoms with Crippen molar-refractivity contribution in [3.05, 3.63) is 21.0 Å². The number of piperidine rings is 1. The molecule has 6 heteroatoms. The van der Waals surface area contributed by atoms with Gasteiger partial charge in [0.15, 0.2) is 0 Å². The van der Waals surface area contributed by atoms with E-state index >= 15 is 0 Å². The van der Waals surface area contributed by atoms with Crippen LogP contribution in [0, 0.1) is 5.92 Å². The topological polar surface area (TPSA) is 50.2 Å². The predicted molar refractivity (Wildman–Crippen MR) is 80.1 cm³/mol. The summed E-state index contributed by atoms with van der Waals surface area (Å²) in [5.41, 5.74) is 3.96. The zero-order valence-corrected chi connectivity index (χ0v) is 13.1. The summed E-state index contributed by atoms with van der Waals surface area (Å²) in [6, 6.07) is 0. The Kier molecular flexibility index (Phi) is 4.99. The van der Waals surface area contributed by atoms with Gasteiger partial charge in [0.25, 0.3) is 5.56 Å². The summed E-state index contributed by atoms with van der Waals surface area (Å²) >= 11 is 3.39. The lowest BCUT2D eigenvalue weighted by Crippen LogP contribution is -2.36. The minimum absolute atomic E-state index is 0.0734. The van der Waals surface area contributed by atoms with Gasteiger partial charge in [0.05, 0.1) is 11.9 Å². The number of hydrogen-bond acceptors (Lipinski definition) is 4. The Morgan fingerprint density at radius 2 is 2.05 bits per heavy atom. The van der Waals surface area contributed by atoms with E-state index in [1.807, 2.05) is 0 Å². The van der Waals surface area contributed by atoms with E-state index in [0.717, 1.165) is 18.8 Å². The van der Waals surface area contributed by atoms with Gasteiger partial charge in [-0.05, 0) is 34.7 Å². The van der Waals surface area contributed by atoms with Gasteiger partial charge in [-0.2, -0.15) is 5.10 Å². The molecule has 1 aliphatic heterocycles. The maximum absolute atomic E-state index is 12.2. The average Bonchev–Trinajstić information content (AvgIpc) is 2.39. The van der Waals surface area contributed by atoms with Gasteiger partial charge in [-0.1, -0.05) is 20.3 Å². The first-order chi connectivity index (χ1) is 9.08. The van der Waals surface area contributed by atoms with Gasteiger partial charge in [0.1, 0.15) is 4.47 Å². The third-order valence-corrected chi connectivity index (χ3v) is 3.92. The molecule has 0 bridgehead atoms. The predicted octanol–water partition coefficient (Wildman–Crippen LogP) is 2.47. The molecule has 0 spiro atoms.